The zero-order valence-corrected chi connectivity index (χ0v) is 17.7. The first-order valence-corrected chi connectivity index (χ1v) is 16.8. The summed E-state index contributed by atoms with van der Waals surface area (Å²) >= 11 is 0. The van der Waals surface area contributed by atoms with Gasteiger partial charge in [-0.3, -0.25) is 0 Å². The van der Waals surface area contributed by atoms with Crippen LogP contribution < -0.4 is 0 Å². The Bertz CT molecular complexity index is 247. The second-order valence-electron chi connectivity index (χ2n) is 7.27. The van der Waals surface area contributed by atoms with E-state index in [2.05, 4.69) is 45.8 Å². The molecule has 0 aromatic carbocycles. The van der Waals surface area contributed by atoms with Crippen LogP contribution in [-0.4, -0.2) is 52.1 Å². The monoisotopic (exact) mass is 386 g/mol. The topological polar surface area (TPSA) is 36.9 Å². The SMILES string of the molecule is C.C.C.COCCOCCC[Si](C)(O[Si](C)(C)C)O[Si](C)(C)C. The van der Waals surface area contributed by atoms with E-state index in [4.69, 9.17) is 17.7 Å². The fourth-order valence-corrected chi connectivity index (χ4v) is 14.7. The van der Waals surface area contributed by atoms with E-state index in [1.165, 1.54) is 0 Å². The van der Waals surface area contributed by atoms with Gasteiger partial charge in [0.15, 0.2) is 16.6 Å². The van der Waals surface area contributed by atoms with Crippen molar-refractivity contribution in [3.63, 3.8) is 0 Å². The Labute approximate surface area is 150 Å². The maximum Gasteiger partial charge on any atom is 0.314 e. The van der Waals surface area contributed by atoms with Gasteiger partial charge in [0.1, 0.15) is 0 Å². The average molecular weight is 387 g/mol. The zero-order valence-electron chi connectivity index (χ0n) is 14.7. The minimum Gasteiger partial charge on any atom is -0.437 e. The molecular weight excluding hydrogens is 340 g/mol. The molecule has 0 fully saturated rings. The summed E-state index contributed by atoms with van der Waals surface area (Å²) in [5, 5.41) is 0. The number of hydrogen-bond donors (Lipinski definition) is 0. The molecule has 0 unspecified atom stereocenters. The second-order valence-corrected chi connectivity index (χ2v) is 20.1. The molecule has 0 radical (unpaired) electrons. The highest BCUT2D eigenvalue weighted by Gasteiger charge is 2.39. The van der Waals surface area contributed by atoms with Crippen LogP contribution in [0.2, 0.25) is 51.9 Å². The predicted octanol–water partition coefficient (Wildman–Crippen LogP) is 5.72. The molecule has 0 aliphatic carbocycles. The Kier molecular flexibility index (Phi) is 18.7. The standard InChI is InChI=1S/C13H34O4Si3.3CH4/c1-14-11-12-15-10-9-13-20(8,16-18(2,3)4)17-19(5,6)7;;;/h9-13H2,1-8H3;3*1H4. The van der Waals surface area contributed by atoms with E-state index in [1.807, 2.05) is 0 Å². The fourth-order valence-electron chi connectivity index (χ4n) is 2.16. The summed E-state index contributed by atoms with van der Waals surface area (Å²) in [5.41, 5.74) is 0. The lowest BCUT2D eigenvalue weighted by atomic mass is 10.5. The van der Waals surface area contributed by atoms with Gasteiger partial charge < -0.3 is 17.7 Å². The van der Waals surface area contributed by atoms with Crippen molar-refractivity contribution in [2.75, 3.05) is 26.9 Å². The molecule has 7 heteroatoms. The van der Waals surface area contributed by atoms with Crippen molar-refractivity contribution in [3.8, 4) is 0 Å². The number of hydrogen-bond acceptors (Lipinski definition) is 4. The molecule has 0 heterocycles. The molecule has 0 rings (SSSR count). The minimum atomic E-state index is -2.08. The van der Waals surface area contributed by atoms with Crippen LogP contribution in [0.1, 0.15) is 28.7 Å². The Morgan fingerprint density at radius 1 is 0.652 bits per heavy atom. The Morgan fingerprint density at radius 3 is 1.43 bits per heavy atom. The van der Waals surface area contributed by atoms with Gasteiger partial charge in [-0.25, -0.2) is 0 Å². The highest BCUT2D eigenvalue weighted by Crippen LogP contribution is 2.25. The predicted molar refractivity (Wildman–Crippen MR) is 113 cm³/mol. The van der Waals surface area contributed by atoms with E-state index >= 15 is 0 Å². The Morgan fingerprint density at radius 2 is 1.09 bits per heavy atom. The third-order valence-corrected chi connectivity index (χ3v) is 12.0. The second kappa shape index (κ2) is 13.7. The van der Waals surface area contributed by atoms with Crippen molar-refractivity contribution in [1.29, 1.82) is 0 Å². The third-order valence-electron chi connectivity index (χ3n) is 2.40. The molecule has 4 nitrogen and oxygen atoms in total. The first kappa shape index (κ1) is 31.3. The van der Waals surface area contributed by atoms with E-state index in [9.17, 15) is 0 Å². The highest BCUT2D eigenvalue weighted by molar-refractivity contribution is 6.87. The molecule has 0 atom stereocenters. The van der Waals surface area contributed by atoms with Crippen molar-refractivity contribution in [2.24, 2.45) is 0 Å². The molecule has 0 saturated heterocycles. The van der Waals surface area contributed by atoms with Crippen LogP contribution in [0.4, 0.5) is 0 Å². The number of methoxy groups -OCH3 is 1. The molecule has 0 aliphatic heterocycles. The maximum absolute atomic E-state index is 6.44. The molecule has 23 heavy (non-hydrogen) atoms. The molecule has 146 valence electrons. The van der Waals surface area contributed by atoms with Gasteiger partial charge in [0.25, 0.3) is 0 Å². The first-order valence-electron chi connectivity index (χ1n) is 7.44. The van der Waals surface area contributed by atoms with Gasteiger partial charge in [0.2, 0.25) is 0 Å². The summed E-state index contributed by atoms with van der Waals surface area (Å²) in [4.78, 5) is 0. The molecule has 0 bridgehead atoms. The summed E-state index contributed by atoms with van der Waals surface area (Å²) in [6.45, 7) is 17.7. The van der Waals surface area contributed by atoms with Gasteiger partial charge in [0.05, 0.1) is 13.2 Å². The van der Waals surface area contributed by atoms with Crippen molar-refractivity contribution in [1.82, 2.24) is 0 Å². The normalized spacial score (nSPS) is 12.0. The van der Waals surface area contributed by atoms with Gasteiger partial charge in [-0.1, -0.05) is 22.3 Å². The van der Waals surface area contributed by atoms with Crippen LogP contribution in [0.5, 0.6) is 0 Å². The largest absolute Gasteiger partial charge is 0.437 e. The zero-order chi connectivity index (χ0) is 15.9. The lowest BCUT2D eigenvalue weighted by Gasteiger charge is -2.38. The summed E-state index contributed by atoms with van der Waals surface area (Å²) in [6.07, 6.45) is 1.00. The van der Waals surface area contributed by atoms with E-state index in [0.717, 1.165) is 19.1 Å². The third kappa shape index (κ3) is 20.4. The molecule has 0 amide bonds. The summed E-state index contributed by atoms with van der Waals surface area (Å²) in [6, 6.07) is 1.01. The van der Waals surface area contributed by atoms with E-state index in [0.29, 0.717) is 13.2 Å². The highest BCUT2D eigenvalue weighted by atomic mass is 28.5. The van der Waals surface area contributed by atoms with Gasteiger partial charge >= 0.3 is 8.56 Å². The quantitative estimate of drug-likeness (QED) is 0.336. The van der Waals surface area contributed by atoms with Crippen LogP contribution in [-0.2, 0) is 17.7 Å². The average Bonchev–Trinajstić information content (AvgIpc) is 2.17. The van der Waals surface area contributed by atoms with Gasteiger partial charge in [0, 0.05) is 13.7 Å². The Hall–Kier alpha value is 0.491. The van der Waals surface area contributed by atoms with Crippen molar-refractivity contribution < 1.29 is 17.7 Å². The van der Waals surface area contributed by atoms with Gasteiger partial charge in [-0.2, -0.15) is 0 Å². The van der Waals surface area contributed by atoms with Crippen LogP contribution in [0.3, 0.4) is 0 Å². The smallest absolute Gasteiger partial charge is 0.314 e. The van der Waals surface area contributed by atoms with E-state index in [1.54, 1.807) is 7.11 Å². The maximum atomic E-state index is 6.44. The Balaban J connectivity index is -0.000000602. The molecule has 0 saturated carbocycles. The molecule has 0 aromatic rings. The molecule has 0 aromatic heterocycles. The number of ether oxygens (including phenoxy) is 2. The van der Waals surface area contributed by atoms with Crippen LogP contribution >= 0.6 is 0 Å². The molecule has 0 aliphatic rings. The molecule has 0 spiro atoms. The summed E-state index contributed by atoms with van der Waals surface area (Å²) < 4.78 is 23.4. The van der Waals surface area contributed by atoms with Crippen molar-refractivity contribution in [2.45, 2.75) is 80.6 Å². The van der Waals surface area contributed by atoms with Gasteiger partial charge in [-0.15, -0.1) is 0 Å². The van der Waals surface area contributed by atoms with Crippen LogP contribution in [0, 0.1) is 0 Å². The van der Waals surface area contributed by atoms with E-state index in [-0.39, 0.29) is 22.3 Å². The number of rotatable bonds is 11. The van der Waals surface area contributed by atoms with Crippen molar-refractivity contribution in [3.05, 3.63) is 0 Å². The fraction of sp³-hybridized carbons (Fsp3) is 1.00. The van der Waals surface area contributed by atoms with Crippen LogP contribution in [0.25, 0.3) is 0 Å². The molecular formula is C16H46O4Si3. The van der Waals surface area contributed by atoms with E-state index < -0.39 is 25.2 Å². The summed E-state index contributed by atoms with van der Waals surface area (Å²) in [5.74, 6) is 0. The first-order chi connectivity index (χ1) is 8.97. The minimum absolute atomic E-state index is 0. The lowest BCUT2D eigenvalue weighted by molar-refractivity contribution is 0.0704. The lowest BCUT2D eigenvalue weighted by Crippen LogP contribution is -2.52. The van der Waals surface area contributed by atoms with Crippen molar-refractivity contribution >= 4 is 25.2 Å². The van der Waals surface area contributed by atoms with Crippen LogP contribution in [0.15, 0.2) is 0 Å². The molecule has 0 N–H and O–H groups in total. The van der Waals surface area contributed by atoms with Gasteiger partial charge in [-0.05, 0) is 58.3 Å². The summed E-state index contributed by atoms with van der Waals surface area (Å²) in [7, 11) is -3.54.